The van der Waals surface area contributed by atoms with E-state index in [4.69, 9.17) is 0 Å². The fraction of sp³-hybridized carbons (Fsp3) is 0.550. The van der Waals surface area contributed by atoms with Gasteiger partial charge < -0.3 is 25.7 Å². The molecule has 3 amide bonds. The molecule has 1 rings (SSSR count). The third-order valence-corrected chi connectivity index (χ3v) is 4.38. The van der Waals surface area contributed by atoms with Crippen molar-refractivity contribution in [1.82, 2.24) is 20.9 Å². The number of carbonyl (C=O) groups is 4. The minimum absolute atomic E-state index is 0.0849. The standard InChI is InChI=1S/C20H30N4O5/c1-11(2)14(10-25)23-17(27)12(3)22-19(29)16(20(4,5)6)24-18(28)13-7-8-15(26)21-9-13/h7-12,14,16H,1-6H3,(H,21,26)(H,22,29)(H,23,27)(H,24,28)/t12-,14+,16+/m0/s1. The molecule has 0 aliphatic heterocycles. The molecule has 1 aromatic rings. The number of aromatic nitrogens is 1. The maximum atomic E-state index is 12.8. The molecule has 29 heavy (non-hydrogen) atoms. The normalized spacial score (nSPS) is 14.4. The first-order chi connectivity index (χ1) is 13.4. The number of aromatic amines is 1. The molecule has 1 heterocycles. The number of rotatable bonds is 8. The Hall–Kier alpha value is -2.97. The van der Waals surface area contributed by atoms with Crippen LogP contribution in [0.25, 0.3) is 0 Å². The molecular formula is C20H30N4O5. The second kappa shape index (κ2) is 9.99. The molecule has 0 radical (unpaired) electrons. The van der Waals surface area contributed by atoms with E-state index < -0.39 is 41.3 Å². The molecular weight excluding hydrogens is 376 g/mol. The Morgan fingerprint density at radius 1 is 1.00 bits per heavy atom. The number of hydrogen-bond acceptors (Lipinski definition) is 5. The lowest BCUT2D eigenvalue weighted by Crippen LogP contribution is -2.58. The lowest BCUT2D eigenvalue weighted by Gasteiger charge is -2.31. The lowest BCUT2D eigenvalue weighted by molar-refractivity contribution is -0.131. The van der Waals surface area contributed by atoms with E-state index >= 15 is 0 Å². The molecule has 0 unspecified atom stereocenters. The minimum Gasteiger partial charge on any atom is -0.345 e. The van der Waals surface area contributed by atoms with Crippen molar-refractivity contribution in [3.63, 3.8) is 0 Å². The number of pyridine rings is 1. The van der Waals surface area contributed by atoms with Crippen LogP contribution in [-0.2, 0) is 14.4 Å². The molecule has 160 valence electrons. The molecule has 9 heteroatoms. The molecule has 9 nitrogen and oxygen atoms in total. The van der Waals surface area contributed by atoms with Gasteiger partial charge in [0, 0.05) is 12.3 Å². The summed E-state index contributed by atoms with van der Waals surface area (Å²) in [6, 6.07) is 0.0711. The Morgan fingerprint density at radius 2 is 1.62 bits per heavy atom. The first kappa shape index (κ1) is 24.1. The van der Waals surface area contributed by atoms with Gasteiger partial charge in [-0.3, -0.25) is 19.2 Å². The van der Waals surface area contributed by atoms with Gasteiger partial charge in [-0.1, -0.05) is 34.6 Å². The van der Waals surface area contributed by atoms with Crippen LogP contribution < -0.4 is 21.5 Å². The van der Waals surface area contributed by atoms with E-state index in [1.807, 2.05) is 0 Å². The maximum Gasteiger partial charge on any atom is 0.253 e. The molecule has 0 saturated carbocycles. The monoisotopic (exact) mass is 406 g/mol. The molecule has 0 fully saturated rings. The van der Waals surface area contributed by atoms with Crippen LogP contribution in [0.15, 0.2) is 23.1 Å². The van der Waals surface area contributed by atoms with Crippen LogP contribution >= 0.6 is 0 Å². The molecule has 0 saturated heterocycles. The summed E-state index contributed by atoms with van der Waals surface area (Å²) in [6.07, 6.45) is 1.91. The summed E-state index contributed by atoms with van der Waals surface area (Å²) in [6.45, 7) is 10.4. The third-order valence-electron chi connectivity index (χ3n) is 4.38. The number of H-pyrrole nitrogens is 1. The van der Waals surface area contributed by atoms with Crippen molar-refractivity contribution in [2.75, 3.05) is 0 Å². The first-order valence-electron chi connectivity index (χ1n) is 9.42. The molecule has 3 atom stereocenters. The van der Waals surface area contributed by atoms with Gasteiger partial charge in [0.1, 0.15) is 18.4 Å². The predicted molar refractivity (Wildman–Crippen MR) is 108 cm³/mol. The Balaban J connectivity index is 2.87. The molecule has 0 bridgehead atoms. The zero-order valence-corrected chi connectivity index (χ0v) is 17.7. The van der Waals surface area contributed by atoms with E-state index in [9.17, 15) is 24.0 Å². The van der Waals surface area contributed by atoms with Gasteiger partial charge in [-0.25, -0.2) is 0 Å². The van der Waals surface area contributed by atoms with Crippen molar-refractivity contribution in [3.8, 4) is 0 Å². The van der Waals surface area contributed by atoms with Gasteiger partial charge in [0.05, 0.1) is 11.6 Å². The van der Waals surface area contributed by atoms with Crippen molar-refractivity contribution >= 4 is 24.0 Å². The van der Waals surface area contributed by atoms with Crippen LogP contribution in [0, 0.1) is 11.3 Å². The van der Waals surface area contributed by atoms with Crippen molar-refractivity contribution in [2.45, 2.75) is 59.7 Å². The fourth-order valence-electron chi connectivity index (χ4n) is 2.45. The smallest absolute Gasteiger partial charge is 0.253 e. The summed E-state index contributed by atoms with van der Waals surface area (Å²) in [7, 11) is 0. The first-order valence-corrected chi connectivity index (χ1v) is 9.42. The summed E-state index contributed by atoms with van der Waals surface area (Å²) in [5.41, 5.74) is -0.800. The SMILES string of the molecule is CC(C)[C@@H](C=O)NC(=O)[C@H](C)NC(=O)[C@@H](NC(=O)c1ccc(=O)[nH]c1)C(C)(C)C. The summed E-state index contributed by atoms with van der Waals surface area (Å²) in [4.78, 5) is 62.2. The number of aldehydes is 1. The van der Waals surface area contributed by atoms with Crippen LogP contribution in [-0.4, -0.2) is 47.1 Å². The maximum absolute atomic E-state index is 12.8. The second-order valence-corrected chi connectivity index (χ2v) is 8.36. The van der Waals surface area contributed by atoms with Crippen molar-refractivity contribution in [1.29, 1.82) is 0 Å². The van der Waals surface area contributed by atoms with Crippen molar-refractivity contribution in [2.24, 2.45) is 11.3 Å². The van der Waals surface area contributed by atoms with Crippen LogP contribution in [0.5, 0.6) is 0 Å². The highest BCUT2D eigenvalue weighted by Gasteiger charge is 2.34. The van der Waals surface area contributed by atoms with Crippen LogP contribution in [0.3, 0.4) is 0 Å². The van der Waals surface area contributed by atoms with E-state index in [0.717, 1.165) is 0 Å². The van der Waals surface area contributed by atoms with Gasteiger partial charge in [0.15, 0.2) is 0 Å². The van der Waals surface area contributed by atoms with Gasteiger partial charge in [-0.2, -0.15) is 0 Å². The molecule has 0 spiro atoms. The van der Waals surface area contributed by atoms with E-state index in [1.54, 1.807) is 34.6 Å². The molecule has 4 N–H and O–H groups in total. The average molecular weight is 406 g/mol. The van der Waals surface area contributed by atoms with Crippen molar-refractivity contribution in [3.05, 3.63) is 34.2 Å². The topological polar surface area (TPSA) is 137 Å². The molecule has 0 aliphatic rings. The zero-order valence-electron chi connectivity index (χ0n) is 17.7. The van der Waals surface area contributed by atoms with Crippen LogP contribution in [0.1, 0.15) is 51.9 Å². The Bertz CT molecular complexity index is 789. The molecule has 1 aromatic heterocycles. The van der Waals surface area contributed by atoms with Gasteiger partial charge in [0.25, 0.3) is 5.91 Å². The number of carbonyl (C=O) groups excluding carboxylic acids is 4. The number of hydrogen-bond donors (Lipinski definition) is 4. The van der Waals surface area contributed by atoms with E-state index in [2.05, 4.69) is 20.9 Å². The summed E-state index contributed by atoms with van der Waals surface area (Å²) in [5.74, 6) is -1.65. The fourth-order valence-corrected chi connectivity index (χ4v) is 2.45. The minimum atomic E-state index is -0.941. The number of nitrogens with one attached hydrogen (secondary N) is 4. The number of amides is 3. The lowest BCUT2D eigenvalue weighted by atomic mass is 9.85. The largest absolute Gasteiger partial charge is 0.345 e. The quantitative estimate of drug-likeness (QED) is 0.462. The Labute approximate surface area is 170 Å². The van der Waals surface area contributed by atoms with Gasteiger partial charge in [0.2, 0.25) is 17.4 Å². The zero-order chi connectivity index (χ0) is 22.4. The highest BCUT2D eigenvalue weighted by atomic mass is 16.2. The summed E-state index contributed by atoms with van der Waals surface area (Å²) < 4.78 is 0. The highest BCUT2D eigenvalue weighted by molar-refractivity contribution is 5.98. The van der Waals surface area contributed by atoms with Crippen LogP contribution in [0.4, 0.5) is 0 Å². The summed E-state index contributed by atoms with van der Waals surface area (Å²) in [5, 5.41) is 7.81. The molecule has 0 aliphatic carbocycles. The Morgan fingerprint density at radius 3 is 2.07 bits per heavy atom. The van der Waals surface area contributed by atoms with Gasteiger partial charge >= 0.3 is 0 Å². The van der Waals surface area contributed by atoms with E-state index in [0.29, 0.717) is 6.29 Å². The summed E-state index contributed by atoms with van der Waals surface area (Å²) >= 11 is 0. The van der Waals surface area contributed by atoms with E-state index in [-0.39, 0.29) is 17.0 Å². The second-order valence-electron chi connectivity index (χ2n) is 8.36. The van der Waals surface area contributed by atoms with Gasteiger partial charge in [-0.15, -0.1) is 0 Å². The highest BCUT2D eigenvalue weighted by Crippen LogP contribution is 2.20. The average Bonchev–Trinajstić information content (AvgIpc) is 2.62. The third kappa shape index (κ3) is 7.17. The molecule has 0 aromatic carbocycles. The van der Waals surface area contributed by atoms with E-state index in [1.165, 1.54) is 25.3 Å². The van der Waals surface area contributed by atoms with Crippen molar-refractivity contribution < 1.29 is 19.2 Å². The predicted octanol–water partition coefficient (Wildman–Crippen LogP) is 0.364. The Kier molecular flexibility index (Phi) is 8.29. The van der Waals surface area contributed by atoms with Gasteiger partial charge in [-0.05, 0) is 24.3 Å². The van der Waals surface area contributed by atoms with Crippen LogP contribution in [0.2, 0.25) is 0 Å².